The number of rotatable bonds is 6. The third-order valence-electron chi connectivity index (χ3n) is 7.42. The van der Waals surface area contributed by atoms with Crippen LogP contribution in [0.2, 0.25) is 5.02 Å². The molecule has 1 saturated heterocycles. The number of nitrogens with zero attached hydrogens (tertiary/aromatic N) is 4. The molecule has 3 atom stereocenters. The number of hydrogen-bond acceptors (Lipinski definition) is 6. The maximum Gasteiger partial charge on any atom is 0.338 e. The van der Waals surface area contributed by atoms with Gasteiger partial charge in [0.2, 0.25) is 5.91 Å². The second kappa shape index (κ2) is 11.4. The number of ether oxygens (including phenoxy) is 1. The van der Waals surface area contributed by atoms with Gasteiger partial charge in [0, 0.05) is 23.9 Å². The van der Waals surface area contributed by atoms with Gasteiger partial charge in [-0.15, -0.1) is 5.10 Å². The van der Waals surface area contributed by atoms with Gasteiger partial charge >= 0.3 is 5.97 Å². The minimum Gasteiger partial charge on any atom is -0.455 e. The number of aliphatic hydroxyl groups is 1. The number of piperidine rings is 1. The van der Waals surface area contributed by atoms with E-state index in [-0.39, 0.29) is 24.5 Å². The van der Waals surface area contributed by atoms with Gasteiger partial charge in [-0.3, -0.25) is 4.79 Å². The van der Waals surface area contributed by atoms with Crippen LogP contribution in [0.3, 0.4) is 0 Å². The Morgan fingerprint density at radius 2 is 1.76 bits per heavy atom. The van der Waals surface area contributed by atoms with E-state index in [9.17, 15) is 14.7 Å². The van der Waals surface area contributed by atoms with Gasteiger partial charge in [-0.2, -0.15) is 0 Å². The summed E-state index contributed by atoms with van der Waals surface area (Å²) in [7, 11) is 0. The number of aromatic nitrogens is 3. The van der Waals surface area contributed by atoms with Gasteiger partial charge in [-0.05, 0) is 42.7 Å². The highest BCUT2D eigenvalue weighted by molar-refractivity contribution is 6.30. The van der Waals surface area contributed by atoms with Crippen LogP contribution >= 0.6 is 11.6 Å². The van der Waals surface area contributed by atoms with Crippen LogP contribution < -0.4 is 0 Å². The van der Waals surface area contributed by atoms with Crippen molar-refractivity contribution in [2.45, 2.75) is 63.3 Å². The molecule has 5 rings (SSSR count). The van der Waals surface area contributed by atoms with E-state index in [0.29, 0.717) is 29.2 Å². The van der Waals surface area contributed by atoms with Crippen LogP contribution in [0.25, 0.3) is 0 Å². The zero-order valence-electron chi connectivity index (χ0n) is 20.6. The van der Waals surface area contributed by atoms with E-state index in [0.717, 1.165) is 31.2 Å². The third kappa shape index (κ3) is 5.86. The smallest absolute Gasteiger partial charge is 0.338 e. The average molecular weight is 523 g/mol. The maximum absolute atomic E-state index is 13.7. The lowest BCUT2D eigenvalue weighted by Crippen LogP contribution is -2.50. The molecule has 2 aliphatic rings. The highest BCUT2D eigenvalue weighted by Gasteiger charge is 2.41. The van der Waals surface area contributed by atoms with Gasteiger partial charge in [-0.1, -0.05) is 66.4 Å². The van der Waals surface area contributed by atoms with Gasteiger partial charge in [0.25, 0.3) is 0 Å². The highest BCUT2D eigenvalue weighted by atomic mass is 35.5. The van der Waals surface area contributed by atoms with Crippen molar-refractivity contribution < 1.29 is 19.4 Å². The van der Waals surface area contributed by atoms with E-state index in [1.807, 2.05) is 35.2 Å². The summed E-state index contributed by atoms with van der Waals surface area (Å²) in [4.78, 5) is 27.9. The first kappa shape index (κ1) is 25.4. The SMILES string of the molecule is O=C(OCc1cn([C@@H]2CN(C(=O)C3CCCCC3)[C@@H](c3ccc(Cl)cc3)C[C@H]2O)nn1)c1ccccc1. The molecule has 3 aromatic rings. The summed E-state index contributed by atoms with van der Waals surface area (Å²) in [6, 6.07) is 15.5. The molecule has 2 aromatic carbocycles. The Balaban J connectivity index is 1.32. The van der Waals surface area contributed by atoms with E-state index in [2.05, 4.69) is 10.3 Å². The van der Waals surface area contributed by atoms with Gasteiger partial charge in [-0.25, -0.2) is 9.48 Å². The largest absolute Gasteiger partial charge is 0.455 e. The normalized spacial score (nSPS) is 22.5. The van der Waals surface area contributed by atoms with Crippen LogP contribution in [0.5, 0.6) is 0 Å². The molecule has 1 aliphatic carbocycles. The monoisotopic (exact) mass is 522 g/mol. The first-order valence-corrected chi connectivity index (χ1v) is 13.2. The number of halogens is 1. The zero-order valence-corrected chi connectivity index (χ0v) is 21.3. The van der Waals surface area contributed by atoms with Crippen molar-refractivity contribution in [2.75, 3.05) is 6.54 Å². The molecule has 0 radical (unpaired) electrons. The van der Waals surface area contributed by atoms with Crippen molar-refractivity contribution in [1.29, 1.82) is 0 Å². The minimum absolute atomic E-state index is 0.00292. The van der Waals surface area contributed by atoms with Crippen molar-refractivity contribution in [3.8, 4) is 0 Å². The lowest BCUT2D eigenvalue weighted by Gasteiger charge is -2.44. The molecular weight excluding hydrogens is 492 g/mol. The average Bonchev–Trinajstić information content (AvgIpc) is 3.41. The fraction of sp³-hybridized carbons (Fsp3) is 0.429. The van der Waals surface area contributed by atoms with E-state index >= 15 is 0 Å². The number of likely N-dealkylation sites (tertiary alicyclic amines) is 1. The van der Waals surface area contributed by atoms with Crippen molar-refractivity contribution in [1.82, 2.24) is 19.9 Å². The Labute approximate surface area is 221 Å². The third-order valence-corrected chi connectivity index (χ3v) is 7.67. The summed E-state index contributed by atoms with van der Waals surface area (Å²) in [6.45, 7) is 0.283. The summed E-state index contributed by atoms with van der Waals surface area (Å²) in [5, 5.41) is 20.1. The maximum atomic E-state index is 13.7. The summed E-state index contributed by atoms with van der Waals surface area (Å²) in [6.07, 6.45) is 6.42. The van der Waals surface area contributed by atoms with Crippen molar-refractivity contribution in [2.24, 2.45) is 5.92 Å². The lowest BCUT2D eigenvalue weighted by molar-refractivity contribution is -0.144. The number of esters is 1. The topological polar surface area (TPSA) is 97.5 Å². The van der Waals surface area contributed by atoms with Crippen LogP contribution in [0, 0.1) is 5.92 Å². The van der Waals surface area contributed by atoms with Crippen LogP contribution in [0.15, 0.2) is 60.8 Å². The molecule has 9 heteroatoms. The molecule has 1 aliphatic heterocycles. The first-order valence-electron chi connectivity index (χ1n) is 12.9. The number of benzene rings is 2. The molecule has 1 amide bonds. The Kier molecular flexibility index (Phi) is 7.86. The number of amides is 1. The predicted octanol–water partition coefficient (Wildman–Crippen LogP) is 4.74. The van der Waals surface area contributed by atoms with E-state index in [1.165, 1.54) is 6.42 Å². The number of aliphatic hydroxyl groups excluding tert-OH is 1. The summed E-state index contributed by atoms with van der Waals surface area (Å²) in [5.74, 6) is -0.306. The fourth-order valence-electron chi connectivity index (χ4n) is 5.39. The van der Waals surface area contributed by atoms with Crippen molar-refractivity contribution in [3.05, 3.63) is 82.6 Å². The van der Waals surface area contributed by atoms with Gasteiger partial charge in [0.1, 0.15) is 12.3 Å². The Morgan fingerprint density at radius 1 is 1.03 bits per heavy atom. The predicted molar refractivity (Wildman–Crippen MR) is 138 cm³/mol. The summed E-state index contributed by atoms with van der Waals surface area (Å²) >= 11 is 6.11. The van der Waals surface area contributed by atoms with Crippen LogP contribution in [0.4, 0.5) is 0 Å². The zero-order chi connectivity index (χ0) is 25.8. The van der Waals surface area contributed by atoms with Gasteiger partial charge < -0.3 is 14.7 Å². The second-order valence-corrected chi connectivity index (χ2v) is 10.3. The van der Waals surface area contributed by atoms with E-state index < -0.39 is 18.1 Å². The molecule has 0 bridgehead atoms. The van der Waals surface area contributed by atoms with Crippen molar-refractivity contribution >= 4 is 23.5 Å². The van der Waals surface area contributed by atoms with Gasteiger partial charge in [0.05, 0.1) is 29.9 Å². The standard InChI is InChI=1S/C28H31ClN4O4/c29-22-13-11-19(12-14-22)24-15-26(34)25(17-32(24)27(35)20-7-3-1-4-8-20)33-16-23(30-31-33)18-37-28(36)21-9-5-2-6-10-21/h2,5-6,9-14,16,20,24-26,34H,1,3-4,7-8,15,17-18H2/t24-,25-,26-/m1/s1. The van der Waals surface area contributed by atoms with Crippen LogP contribution in [-0.4, -0.2) is 49.5 Å². The molecule has 8 nitrogen and oxygen atoms in total. The molecular formula is C28H31ClN4O4. The first-order chi connectivity index (χ1) is 18.0. The molecule has 1 aromatic heterocycles. The molecule has 194 valence electrons. The van der Waals surface area contributed by atoms with Crippen LogP contribution in [0.1, 0.15) is 72.2 Å². The lowest BCUT2D eigenvalue weighted by atomic mass is 9.85. The van der Waals surface area contributed by atoms with Gasteiger partial charge in [0.15, 0.2) is 0 Å². The summed E-state index contributed by atoms with van der Waals surface area (Å²) in [5.41, 5.74) is 1.89. The Hall–Kier alpha value is -3.23. The quantitative estimate of drug-likeness (QED) is 0.469. The molecule has 0 spiro atoms. The number of carbonyl (C=O) groups excluding carboxylic acids is 2. The second-order valence-electron chi connectivity index (χ2n) is 9.90. The molecule has 1 N–H and O–H groups in total. The molecule has 2 fully saturated rings. The minimum atomic E-state index is -0.738. The molecule has 37 heavy (non-hydrogen) atoms. The highest BCUT2D eigenvalue weighted by Crippen LogP contribution is 2.38. The molecule has 0 unspecified atom stereocenters. The van der Waals surface area contributed by atoms with Crippen LogP contribution in [-0.2, 0) is 16.1 Å². The molecule has 2 heterocycles. The summed E-state index contributed by atoms with van der Waals surface area (Å²) < 4.78 is 6.97. The Bertz CT molecular complexity index is 1210. The fourth-order valence-corrected chi connectivity index (χ4v) is 5.52. The van der Waals surface area contributed by atoms with E-state index in [4.69, 9.17) is 16.3 Å². The number of carbonyl (C=O) groups is 2. The van der Waals surface area contributed by atoms with E-state index in [1.54, 1.807) is 35.1 Å². The van der Waals surface area contributed by atoms with Crippen molar-refractivity contribution in [3.63, 3.8) is 0 Å². The number of hydrogen-bond donors (Lipinski definition) is 1. The Morgan fingerprint density at radius 3 is 2.49 bits per heavy atom. The molecule has 1 saturated carbocycles.